The standard InChI is InChI=1S/C12H12BrClN4O/c1-5-3-7(13)9(4-8(5)14)16-12(19)10-6(2)17-18-11(10)15/h3-4H,1-2H3,(H,16,19)(H3,15,17,18). The quantitative estimate of drug-likeness (QED) is 0.782. The number of hydrogen-bond donors (Lipinski definition) is 3. The molecule has 1 amide bonds. The summed E-state index contributed by atoms with van der Waals surface area (Å²) in [4.78, 5) is 12.2. The lowest BCUT2D eigenvalue weighted by molar-refractivity contribution is 0.102. The fraction of sp³-hybridized carbons (Fsp3) is 0.167. The molecule has 0 aliphatic heterocycles. The van der Waals surface area contributed by atoms with Crippen molar-refractivity contribution >= 4 is 44.9 Å². The number of benzene rings is 1. The molecule has 2 rings (SSSR count). The van der Waals surface area contributed by atoms with Crippen LogP contribution >= 0.6 is 27.5 Å². The highest BCUT2D eigenvalue weighted by atomic mass is 79.9. The van der Waals surface area contributed by atoms with Crippen molar-refractivity contribution in [2.45, 2.75) is 13.8 Å². The summed E-state index contributed by atoms with van der Waals surface area (Å²) in [5.74, 6) is -0.159. The second-order valence-electron chi connectivity index (χ2n) is 4.14. The molecule has 1 aromatic carbocycles. The van der Waals surface area contributed by atoms with E-state index >= 15 is 0 Å². The van der Waals surface area contributed by atoms with E-state index in [-0.39, 0.29) is 11.7 Å². The molecule has 4 N–H and O–H groups in total. The van der Waals surface area contributed by atoms with Crippen LogP contribution in [0.3, 0.4) is 0 Å². The van der Waals surface area contributed by atoms with Crippen LogP contribution < -0.4 is 11.1 Å². The highest BCUT2D eigenvalue weighted by molar-refractivity contribution is 9.10. The summed E-state index contributed by atoms with van der Waals surface area (Å²) in [6, 6.07) is 3.52. The van der Waals surface area contributed by atoms with Crippen molar-refractivity contribution < 1.29 is 4.79 Å². The zero-order chi connectivity index (χ0) is 14.2. The number of H-pyrrole nitrogens is 1. The van der Waals surface area contributed by atoms with Crippen molar-refractivity contribution in [1.82, 2.24) is 10.2 Å². The average molecular weight is 344 g/mol. The molecule has 0 unspecified atom stereocenters. The molecule has 0 atom stereocenters. The minimum Gasteiger partial charge on any atom is -0.382 e. The van der Waals surface area contributed by atoms with Gasteiger partial charge in [-0.15, -0.1) is 0 Å². The van der Waals surface area contributed by atoms with Gasteiger partial charge >= 0.3 is 0 Å². The number of carbonyl (C=O) groups excluding carboxylic acids is 1. The maximum atomic E-state index is 12.2. The SMILES string of the molecule is Cc1cc(Br)c(NC(=O)c2c(N)n[nH]c2C)cc1Cl. The van der Waals surface area contributed by atoms with Gasteiger partial charge in [0.15, 0.2) is 5.82 Å². The summed E-state index contributed by atoms with van der Waals surface area (Å²) < 4.78 is 0.752. The summed E-state index contributed by atoms with van der Waals surface area (Å²) >= 11 is 9.42. The molecule has 0 spiro atoms. The second kappa shape index (κ2) is 5.22. The number of halogens is 2. The molecular weight excluding hydrogens is 332 g/mol. The van der Waals surface area contributed by atoms with Gasteiger partial charge in [0.05, 0.1) is 5.69 Å². The number of anilines is 2. The van der Waals surface area contributed by atoms with Crippen LogP contribution in [0, 0.1) is 13.8 Å². The second-order valence-corrected chi connectivity index (χ2v) is 5.41. The van der Waals surface area contributed by atoms with Crippen molar-refractivity contribution in [3.63, 3.8) is 0 Å². The first-order chi connectivity index (χ1) is 8.90. The molecule has 0 radical (unpaired) electrons. The van der Waals surface area contributed by atoms with E-state index < -0.39 is 0 Å². The maximum absolute atomic E-state index is 12.2. The third-order valence-corrected chi connectivity index (χ3v) is 3.76. The number of aromatic amines is 1. The first kappa shape index (κ1) is 13.9. The topological polar surface area (TPSA) is 83.8 Å². The Morgan fingerprint density at radius 3 is 2.74 bits per heavy atom. The van der Waals surface area contributed by atoms with Gasteiger partial charge in [-0.3, -0.25) is 9.89 Å². The van der Waals surface area contributed by atoms with Crippen LogP contribution in [-0.2, 0) is 0 Å². The number of hydrogen-bond acceptors (Lipinski definition) is 3. The number of amides is 1. The lowest BCUT2D eigenvalue weighted by Crippen LogP contribution is -2.14. The smallest absolute Gasteiger partial charge is 0.261 e. The monoisotopic (exact) mass is 342 g/mol. The number of aryl methyl sites for hydroxylation is 2. The fourth-order valence-electron chi connectivity index (χ4n) is 1.66. The van der Waals surface area contributed by atoms with Gasteiger partial charge in [-0.25, -0.2) is 0 Å². The first-order valence-corrected chi connectivity index (χ1v) is 6.64. The molecule has 5 nitrogen and oxygen atoms in total. The van der Waals surface area contributed by atoms with Gasteiger partial charge in [-0.1, -0.05) is 11.6 Å². The van der Waals surface area contributed by atoms with Gasteiger partial charge in [0.25, 0.3) is 5.91 Å². The van der Waals surface area contributed by atoms with Crippen LogP contribution in [0.15, 0.2) is 16.6 Å². The van der Waals surface area contributed by atoms with E-state index in [1.807, 2.05) is 13.0 Å². The van der Waals surface area contributed by atoms with Crippen molar-refractivity contribution in [1.29, 1.82) is 0 Å². The summed E-state index contributed by atoms with van der Waals surface area (Å²) in [5.41, 5.74) is 8.10. The third kappa shape index (κ3) is 2.74. The molecule has 2 aromatic rings. The van der Waals surface area contributed by atoms with Crippen molar-refractivity contribution in [2.24, 2.45) is 0 Å². The third-order valence-electron chi connectivity index (χ3n) is 2.70. The molecule has 0 aliphatic carbocycles. The Kier molecular flexibility index (Phi) is 3.82. The average Bonchev–Trinajstić information content (AvgIpc) is 2.66. The molecule has 0 fully saturated rings. The first-order valence-electron chi connectivity index (χ1n) is 5.47. The Morgan fingerprint density at radius 2 is 2.16 bits per heavy atom. The van der Waals surface area contributed by atoms with E-state index in [9.17, 15) is 4.79 Å². The van der Waals surface area contributed by atoms with Crippen LogP contribution in [0.5, 0.6) is 0 Å². The Labute approximate surface area is 123 Å². The summed E-state index contributed by atoms with van der Waals surface area (Å²) in [6.45, 7) is 3.62. The van der Waals surface area contributed by atoms with Crippen LogP contribution in [0.25, 0.3) is 0 Å². The van der Waals surface area contributed by atoms with Gasteiger partial charge in [0, 0.05) is 15.2 Å². The Balaban J connectivity index is 2.32. The number of nitrogen functional groups attached to an aromatic ring is 1. The van der Waals surface area contributed by atoms with Gasteiger partial charge in [0.1, 0.15) is 5.56 Å². The highest BCUT2D eigenvalue weighted by Crippen LogP contribution is 2.29. The van der Waals surface area contributed by atoms with Crippen LogP contribution in [-0.4, -0.2) is 16.1 Å². The minimum absolute atomic E-state index is 0.171. The molecule has 0 aliphatic rings. The summed E-state index contributed by atoms with van der Waals surface area (Å²) in [7, 11) is 0. The molecule has 7 heteroatoms. The van der Waals surface area contributed by atoms with Gasteiger partial charge in [0.2, 0.25) is 0 Å². The number of nitrogens with one attached hydrogen (secondary N) is 2. The number of aromatic nitrogens is 2. The van der Waals surface area contributed by atoms with Crippen molar-refractivity contribution in [2.75, 3.05) is 11.1 Å². The van der Waals surface area contributed by atoms with Crippen LogP contribution in [0.1, 0.15) is 21.6 Å². The Morgan fingerprint density at radius 1 is 1.47 bits per heavy atom. The van der Waals surface area contributed by atoms with Crippen LogP contribution in [0.4, 0.5) is 11.5 Å². The molecule has 19 heavy (non-hydrogen) atoms. The summed E-state index contributed by atoms with van der Waals surface area (Å²) in [6.07, 6.45) is 0. The molecule has 0 saturated heterocycles. The van der Waals surface area contributed by atoms with Gasteiger partial charge in [-0.05, 0) is 47.5 Å². The molecule has 1 aromatic heterocycles. The van der Waals surface area contributed by atoms with Crippen molar-refractivity contribution in [3.05, 3.63) is 38.4 Å². The number of carbonyl (C=O) groups is 1. The number of rotatable bonds is 2. The molecule has 0 bridgehead atoms. The lowest BCUT2D eigenvalue weighted by atomic mass is 10.2. The highest BCUT2D eigenvalue weighted by Gasteiger charge is 2.17. The van der Waals surface area contributed by atoms with E-state index in [4.69, 9.17) is 17.3 Å². The molecule has 0 saturated carbocycles. The predicted molar refractivity (Wildman–Crippen MR) is 79.6 cm³/mol. The van der Waals surface area contributed by atoms with E-state index in [2.05, 4.69) is 31.4 Å². The predicted octanol–water partition coefficient (Wildman–Crippen LogP) is 3.28. The Bertz CT molecular complexity index is 634. The van der Waals surface area contributed by atoms with Crippen LogP contribution in [0.2, 0.25) is 5.02 Å². The Hall–Kier alpha value is -1.53. The minimum atomic E-state index is -0.329. The number of nitrogens with zero attached hydrogens (tertiary/aromatic N) is 1. The molecule has 100 valence electrons. The number of nitrogens with two attached hydrogens (primary N) is 1. The van der Waals surface area contributed by atoms with Gasteiger partial charge in [-0.2, -0.15) is 5.10 Å². The van der Waals surface area contributed by atoms with Gasteiger partial charge < -0.3 is 11.1 Å². The largest absolute Gasteiger partial charge is 0.382 e. The zero-order valence-corrected chi connectivity index (χ0v) is 12.7. The molecular formula is C12H12BrClN4O. The van der Waals surface area contributed by atoms with E-state index in [0.29, 0.717) is 22.0 Å². The fourth-order valence-corrected chi connectivity index (χ4v) is 2.38. The van der Waals surface area contributed by atoms with Crippen molar-refractivity contribution in [3.8, 4) is 0 Å². The van der Waals surface area contributed by atoms with E-state index in [0.717, 1.165) is 10.0 Å². The normalized spacial score (nSPS) is 10.5. The molecule has 1 heterocycles. The summed E-state index contributed by atoms with van der Waals surface area (Å²) in [5, 5.41) is 9.78. The van der Waals surface area contributed by atoms with E-state index in [1.165, 1.54) is 0 Å². The lowest BCUT2D eigenvalue weighted by Gasteiger charge is -2.09. The maximum Gasteiger partial charge on any atom is 0.261 e. The zero-order valence-electron chi connectivity index (χ0n) is 10.3. The van der Waals surface area contributed by atoms with E-state index in [1.54, 1.807) is 13.0 Å².